The fraction of sp³-hybridized carbons (Fsp3) is 0.500. The lowest BCUT2D eigenvalue weighted by molar-refractivity contribution is 0.0941. The minimum atomic E-state index is -0.268. The molecule has 0 saturated carbocycles. The van der Waals surface area contributed by atoms with Crippen molar-refractivity contribution >= 4 is 23.5 Å². The SMILES string of the molecule is CC(CNC(=O)c1nc(N2CCCC2)ncc1Cl)Cn1cccn1. The molecule has 1 saturated heterocycles. The van der Waals surface area contributed by atoms with Crippen molar-refractivity contribution in [2.75, 3.05) is 24.5 Å². The fourth-order valence-electron chi connectivity index (χ4n) is 2.73. The van der Waals surface area contributed by atoms with E-state index in [9.17, 15) is 4.79 Å². The first-order valence-corrected chi connectivity index (χ1v) is 8.54. The van der Waals surface area contributed by atoms with Gasteiger partial charge in [-0.1, -0.05) is 18.5 Å². The third-order valence-corrected chi connectivity index (χ3v) is 4.28. The largest absolute Gasteiger partial charge is 0.350 e. The van der Waals surface area contributed by atoms with E-state index >= 15 is 0 Å². The molecule has 0 aliphatic carbocycles. The number of nitrogens with one attached hydrogen (secondary N) is 1. The zero-order valence-electron chi connectivity index (χ0n) is 13.7. The van der Waals surface area contributed by atoms with Gasteiger partial charge in [0.2, 0.25) is 5.95 Å². The van der Waals surface area contributed by atoms with Crippen molar-refractivity contribution in [1.82, 2.24) is 25.1 Å². The number of aromatic nitrogens is 4. The van der Waals surface area contributed by atoms with E-state index in [2.05, 4.69) is 32.2 Å². The number of nitrogens with zero attached hydrogens (tertiary/aromatic N) is 5. The highest BCUT2D eigenvalue weighted by atomic mass is 35.5. The zero-order chi connectivity index (χ0) is 16.9. The lowest BCUT2D eigenvalue weighted by Gasteiger charge is -2.16. The first-order chi connectivity index (χ1) is 11.6. The molecule has 1 aliphatic rings. The van der Waals surface area contributed by atoms with Crippen molar-refractivity contribution in [3.05, 3.63) is 35.4 Å². The normalized spacial score (nSPS) is 15.5. The van der Waals surface area contributed by atoms with E-state index < -0.39 is 0 Å². The number of hydrogen-bond acceptors (Lipinski definition) is 5. The molecule has 1 N–H and O–H groups in total. The highest BCUT2D eigenvalue weighted by Crippen LogP contribution is 2.19. The summed E-state index contributed by atoms with van der Waals surface area (Å²) in [6.45, 7) is 5.16. The summed E-state index contributed by atoms with van der Waals surface area (Å²) >= 11 is 6.11. The lowest BCUT2D eigenvalue weighted by atomic mass is 10.2. The van der Waals surface area contributed by atoms with Gasteiger partial charge in [0, 0.05) is 38.6 Å². The molecule has 2 aromatic rings. The van der Waals surface area contributed by atoms with E-state index in [1.165, 1.54) is 6.20 Å². The summed E-state index contributed by atoms with van der Waals surface area (Å²) in [5, 5.41) is 7.34. The van der Waals surface area contributed by atoms with Gasteiger partial charge in [-0.2, -0.15) is 5.10 Å². The van der Waals surface area contributed by atoms with Crippen molar-refractivity contribution in [2.24, 2.45) is 5.92 Å². The average molecular weight is 349 g/mol. The Labute approximate surface area is 146 Å². The summed E-state index contributed by atoms with van der Waals surface area (Å²) in [5.41, 5.74) is 0.236. The van der Waals surface area contributed by atoms with Crippen molar-refractivity contribution < 1.29 is 4.79 Å². The molecule has 3 rings (SSSR count). The molecule has 1 atom stereocenters. The molecule has 1 fully saturated rings. The maximum atomic E-state index is 12.4. The smallest absolute Gasteiger partial charge is 0.271 e. The Balaban J connectivity index is 1.60. The van der Waals surface area contributed by atoms with Crippen LogP contribution in [0.2, 0.25) is 5.02 Å². The van der Waals surface area contributed by atoms with E-state index in [-0.39, 0.29) is 22.5 Å². The molecule has 8 heteroatoms. The molecule has 0 aromatic carbocycles. The average Bonchev–Trinajstić information content (AvgIpc) is 3.26. The van der Waals surface area contributed by atoms with Crippen LogP contribution in [0.15, 0.2) is 24.7 Å². The highest BCUT2D eigenvalue weighted by molar-refractivity contribution is 6.33. The third kappa shape index (κ3) is 4.03. The van der Waals surface area contributed by atoms with Crippen LogP contribution in [0.25, 0.3) is 0 Å². The Morgan fingerprint density at radius 2 is 2.21 bits per heavy atom. The molecule has 0 spiro atoms. The van der Waals surface area contributed by atoms with E-state index in [0.29, 0.717) is 12.5 Å². The van der Waals surface area contributed by atoms with E-state index in [4.69, 9.17) is 11.6 Å². The van der Waals surface area contributed by atoms with Gasteiger partial charge in [-0.15, -0.1) is 0 Å². The molecule has 1 amide bonds. The van der Waals surface area contributed by atoms with E-state index in [0.717, 1.165) is 32.5 Å². The minimum absolute atomic E-state index is 0.236. The van der Waals surface area contributed by atoms with Gasteiger partial charge in [0.1, 0.15) is 0 Å². The van der Waals surface area contributed by atoms with Crippen LogP contribution in [0.5, 0.6) is 0 Å². The van der Waals surface area contributed by atoms with Crippen molar-refractivity contribution in [3.8, 4) is 0 Å². The second-order valence-corrected chi connectivity index (χ2v) is 6.51. The second-order valence-electron chi connectivity index (χ2n) is 6.10. The second kappa shape index (κ2) is 7.61. The summed E-state index contributed by atoms with van der Waals surface area (Å²) in [6, 6.07) is 1.88. The van der Waals surface area contributed by atoms with Crippen LogP contribution >= 0.6 is 11.6 Å². The predicted molar refractivity (Wildman–Crippen MR) is 92.2 cm³/mol. The summed E-state index contributed by atoms with van der Waals surface area (Å²) < 4.78 is 1.85. The van der Waals surface area contributed by atoms with Gasteiger partial charge in [-0.25, -0.2) is 9.97 Å². The molecule has 0 bridgehead atoms. The van der Waals surface area contributed by atoms with Crippen LogP contribution < -0.4 is 10.2 Å². The molecule has 128 valence electrons. The summed E-state index contributed by atoms with van der Waals surface area (Å²) in [7, 11) is 0. The molecule has 24 heavy (non-hydrogen) atoms. The molecular weight excluding hydrogens is 328 g/mol. The van der Waals surface area contributed by atoms with Crippen LogP contribution in [-0.2, 0) is 6.54 Å². The van der Waals surface area contributed by atoms with Crippen LogP contribution in [0.3, 0.4) is 0 Å². The number of hydrogen-bond donors (Lipinski definition) is 1. The topological polar surface area (TPSA) is 75.9 Å². The highest BCUT2D eigenvalue weighted by Gasteiger charge is 2.19. The van der Waals surface area contributed by atoms with Gasteiger partial charge < -0.3 is 10.2 Å². The van der Waals surface area contributed by atoms with Crippen LogP contribution in [0.4, 0.5) is 5.95 Å². The van der Waals surface area contributed by atoms with Crippen molar-refractivity contribution in [2.45, 2.75) is 26.3 Å². The Morgan fingerprint density at radius 3 is 2.92 bits per heavy atom. The van der Waals surface area contributed by atoms with Gasteiger partial charge >= 0.3 is 0 Å². The molecule has 2 aromatic heterocycles. The molecule has 0 radical (unpaired) electrons. The summed E-state index contributed by atoms with van der Waals surface area (Å²) in [4.78, 5) is 23.1. The zero-order valence-corrected chi connectivity index (χ0v) is 14.4. The molecule has 7 nitrogen and oxygen atoms in total. The van der Waals surface area contributed by atoms with Gasteiger partial charge in [0.25, 0.3) is 5.91 Å². The molecule has 3 heterocycles. The van der Waals surface area contributed by atoms with Crippen LogP contribution in [-0.4, -0.2) is 45.3 Å². The van der Waals surface area contributed by atoms with Crippen LogP contribution in [0.1, 0.15) is 30.3 Å². The first-order valence-electron chi connectivity index (χ1n) is 8.16. The van der Waals surface area contributed by atoms with Gasteiger partial charge in [-0.3, -0.25) is 9.48 Å². The third-order valence-electron chi connectivity index (χ3n) is 4.00. The Bertz CT molecular complexity index is 684. The number of carbonyl (C=O) groups excluding carboxylic acids is 1. The Morgan fingerprint density at radius 1 is 1.42 bits per heavy atom. The number of rotatable bonds is 6. The summed E-state index contributed by atoms with van der Waals surface area (Å²) in [6.07, 6.45) is 7.40. The Kier molecular flexibility index (Phi) is 5.30. The number of carbonyl (C=O) groups is 1. The lowest BCUT2D eigenvalue weighted by Crippen LogP contribution is -2.31. The maximum absolute atomic E-state index is 12.4. The van der Waals surface area contributed by atoms with E-state index in [1.807, 2.05) is 16.9 Å². The minimum Gasteiger partial charge on any atom is -0.350 e. The number of anilines is 1. The standard InChI is InChI=1S/C16H21ClN6O/c1-12(11-23-8-4-5-20-23)9-18-15(24)14-13(17)10-19-16(21-14)22-6-2-3-7-22/h4-5,8,10,12H,2-3,6-7,9,11H2,1H3,(H,18,24). The predicted octanol–water partition coefficient (Wildman–Crippen LogP) is 1.99. The van der Waals surface area contributed by atoms with Crippen molar-refractivity contribution in [3.63, 3.8) is 0 Å². The van der Waals surface area contributed by atoms with Gasteiger partial charge in [-0.05, 0) is 24.8 Å². The van der Waals surface area contributed by atoms with Gasteiger partial charge in [0.15, 0.2) is 5.69 Å². The van der Waals surface area contributed by atoms with E-state index in [1.54, 1.807) is 6.20 Å². The number of halogens is 1. The van der Waals surface area contributed by atoms with Crippen molar-refractivity contribution in [1.29, 1.82) is 0 Å². The monoisotopic (exact) mass is 348 g/mol. The fourth-order valence-corrected chi connectivity index (χ4v) is 2.91. The van der Waals surface area contributed by atoms with Crippen LogP contribution in [0, 0.1) is 5.92 Å². The maximum Gasteiger partial charge on any atom is 0.271 e. The molecular formula is C16H21ClN6O. The Hall–Kier alpha value is -2.15. The molecule has 1 unspecified atom stereocenters. The molecule has 1 aliphatic heterocycles. The summed E-state index contributed by atoms with van der Waals surface area (Å²) in [5.74, 6) is 0.550. The van der Waals surface area contributed by atoms with Gasteiger partial charge in [0.05, 0.1) is 11.2 Å². The quantitative estimate of drug-likeness (QED) is 0.864. The number of amides is 1. The first kappa shape index (κ1) is 16.7.